The average molecular weight is 278 g/mol. The van der Waals surface area contributed by atoms with Crippen LogP contribution in [0.4, 0.5) is 4.79 Å². The molecule has 1 atom stereocenters. The topological polar surface area (TPSA) is 73.5 Å². The van der Waals surface area contributed by atoms with E-state index in [1.807, 2.05) is 18.2 Å². The van der Waals surface area contributed by atoms with Crippen LogP contribution in [-0.2, 0) is 10.3 Å². The lowest BCUT2D eigenvalue weighted by atomic mass is 9.92. The fraction of sp³-hybridized carbons (Fsp3) is 0.250. The molecule has 7 heteroatoms. The Morgan fingerprint density at radius 2 is 1.95 bits per heavy atom. The number of benzene rings is 1. The van der Waals surface area contributed by atoms with Gasteiger partial charge in [0.1, 0.15) is 5.54 Å². The first-order chi connectivity index (χ1) is 8.99. The third-order valence-electron chi connectivity index (χ3n) is 2.98. The summed E-state index contributed by atoms with van der Waals surface area (Å²) in [5, 5.41) is 6.39. The van der Waals surface area contributed by atoms with E-state index in [1.165, 1.54) is 0 Å². The Morgan fingerprint density at radius 1 is 1.32 bits per heavy atom. The number of nitrogens with one attached hydrogen (secondary N) is 3. The molecule has 1 aromatic carbocycles. The second kappa shape index (κ2) is 4.85. The van der Waals surface area contributed by atoms with E-state index in [2.05, 4.69) is 16.1 Å². The predicted octanol–water partition coefficient (Wildman–Crippen LogP) is 0.462. The molecule has 1 aromatic rings. The van der Waals surface area contributed by atoms with E-state index in [4.69, 9.17) is 12.2 Å². The third-order valence-corrected chi connectivity index (χ3v) is 3.28. The number of carbonyl (C=O) groups excluding carboxylic acids is 2. The summed E-state index contributed by atoms with van der Waals surface area (Å²) in [7, 11) is 1.60. The van der Waals surface area contributed by atoms with Crippen LogP contribution >= 0.6 is 12.2 Å². The van der Waals surface area contributed by atoms with Crippen molar-refractivity contribution in [2.45, 2.75) is 12.5 Å². The lowest BCUT2D eigenvalue weighted by Crippen LogP contribution is -2.50. The van der Waals surface area contributed by atoms with E-state index in [-0.39, 0.29) is 5.11 Å². The number of amides is 3. The van der Waals surface area contributed by atoms with Crippen LogP contribution in [0.15, 0.2) is 30.3 Å². The Hall–Kier alpha value is -2.15. The van der Waals surface area contributed by atoms with Gasteiger partial charge in [0.25, 0.3) is 5.91 Å². The van der Waals surface area contributed by atoms with E-state index < -0.39 is 17.5 Å². The van der Waals surface area contributed by atoms with Crippen LogP contribution in [-0.4, -0.2) is 29.1 Å². The molecule has 1 aliphatic heterocycles. The molecule has 0 aromatic heterocycles. The smallest absolute Gasteiger partial charge is 0.344 e. The molecule has 3 N–H and O–H groups in total. The van der Waals surface area contributed by atoms with Crippen LogP contribution in [0.5, 0.6) is 0 Å². The van der Waals surface area contributed by atoms with Crippen LogP contribution in [0, 0.1) is 0 Å². The molecule has 1 heterocycles. The predicted molar refractivity (Wildman–Crippen MR) is 74.0 cm³/mol. The zero-order chi connectivity index (χ0) is 14.0. The number of rotatable bonds is 2. The van der Waals surface area contributed by atoms with Crippen molar-refractivity contribution in [2.24, 2.45) is 0 Å². The van der Waals surface area contributed by atoms with Crippen molar-refractivity contribution in [3.8, 4) is 0 Å². The largest absolute Gasteiger partial charge is 0.364 e. The lowest BCUT2D eigenvalue weighted by Gasteiger charge is -2.22. The summed E-state index contributed by atoms with van der Waals surface area (Å²) in [4.78, 5) is 24.3. The van der Waals surface area contributed by atoms with Crippen LogP contribution < -0.4 is 16.1 Å². The standard InChI is InChI=1S/C12H14N4O2S/c1-12(8-6-4-3-5-7-8)9(17)16(11(18)14-12)15-10(19)13-2/h3-7H,1-2H3,(H,14,18)(H2,13,15,19)/t12-/m1/s1. The molecule has 1 saturated heterocycles. The van der Waals surface area contributed by atoms with Gasteiger partial charge in [-0.15, -0.1) is 0 Å². The van der Waals surface area contributed by atoms with Crippen LogP contribution in [0.1, 0.15) is 12.5 Å². The summed E-state index contributed by atoms with van der Waals surface area (Å²) >= 11 is 4.89. The number of urea groups is 1. The summed E-state index contributed by atoms with van der Waals surface area (Å²) < 4.78 is 0. The highest BCUT2D eigenvalue weighted by Crippen LogP contribution is 2.27. The molecule has 0 radical (unpaired) electrons. The van der Waals surface area contributed by atoms with E-state index in [0.29, 0.717) is 5.56 Å². The van der Waals surface area contributed by atoms with E-state index in [9.17, 15) is 9.59 Å². The number of hydrogen-bond acceptors (Lipinski definition) is 3. The minimum atomic E-state index is -1.09. The Morgan fingerprint density at radius 3 is 2.53 bits per heavy atom. The molecule has 3 amide bonds. The van der Waals surface area contributed by atoms with Gasteiger partial charge >= 0.3 is 6.03 Å². The molecule has 1 aliphatic rings. The molecule has 0 bridgehead atoms. The fourth-order valence-electron chi connectivity index (χ4n) is 1.87. The van der Waals surface area contributed by atoms with Gasteiger partial charge in [-0.05, 0) is 24.7 Å². The van der Waals surface area contributed by atoms with Gasteiger partial charge in [-0.1, -0.05) is 30.3 Å². The second-order valence-electron chi connectivity index (χ2n) is 4.25. The van der Waals surface area contributed by atoms with Crippen molar-refractivity contribution in [1.82, 2.24) is 21.1 Å². The van der Waals surface area contributed by atoms with Gasteiger partial charge in [0, 0.05) is 7.05 Å². The Bertz CT molecular complexity index is 534. The SMILES string of the molecule is CNC(=S)NN1C(=O)N[C@](C)(c2ccccc2)C1=O. The van der Waals surface area contributed by atoms with Gasteiger partial charge in [0.2, 0.25) is 0 Å². The minimum Gasteiger partial charge on any atom is -0.364 e. The van der Waals surface area contributed by atoms with Gasteiger partial charge < -0.3 is 10.6 Å². The number of hydrogen-bond donors (Lipinski definition) is 3. The molecule has 100 valence electrons. The van der Waals surface area contributed by atoms with E-state index in [1.54, 1.807) is 26.1 Å². The molecule has 6 nitrogen and oxygen atoms in total. The summed E-state index contributed by atoms with van der Waals surface area (Å²) in [6.45, 7) is 1.66. The second-order valence-corrected chi connectivity index (χ2v) is 4.66. The van der Waals surface area contributed by atoms with Crippen LogP contribution in [0.3, 0.4) is 0 Å². The monoisotopic (exact) mass is 278 g/mol. The average Bonchev–Trinajstić information content (AvgIpc) is 2.64. The first-order valence-corrected chi connectivity index (χ1v) is 6.10. The zero-order valence-electron chi connectivity index (χ0n) is 10.6. The van der Waals surface area contributed by atoms with Crippen molar-refractivity contribution in [3.05, 3.63) is 35.9 Å². The molecule has 0 aliphatic carbocycles. The summed E-state index contributed by atoms with van der Waals surface area (Å²) in [6, 6.07) is 8.52. The normalized spacial score (nSPS) is 22.1. The summed E-state index contributed by atoms with van der Waals surface area (Å²) in [5.74, 6) is -0.402. The minimum absolute atomic E-state index is 0.195. The number of nitrogens with zero attached hydrogens (tertiary/aromatic N) is 1. The highest BCUT2D eigenvalue weighted by atomic mass is 32.1. The van der Waals surface area contributed by atoms with Gasteiger partial charge in [-0.25, -0.2) is 4.79 Å². The van der Waals surface area contributed by atoms with E-state index >= 15 is 0 Å². The Kier molecular flexibility index (Phi) is 3.39. The first-order valence-electron chi connectivity index (χ1n) is 5.69. The van der Waals surface area contributed by atoms with Crippen molar-refractivity contribution in [3.63, 3.8) is 0 Å². The van der Waals surface area contributed by atoms with Gasteiger partial charge in [-0.3, -0.25) is 10.2 Å². The molecule has 1 fully saturated rings. The van der Waals surface area contributed by atoms with Crippen LogP contribution in [0.2, 0.25) is 0 Å². The molecule has 0 saturated carbocycles. The van der Waals surface area contributed by atoms with Crippen molar-refractivity contribution >= 4 is 29.3 Å². The summed E-state index contributed by atoms with van der Waals surface area (Å²) in [6.07, 6.45) is 0. The Balaban J connectivity index is 2.29. The Labute approximate surface area is 116 Å². The van der Waals surface area contributed by atoms with Gasteiger partial charge in [0.05, 0.1) is 0 Å². The van der Waals surface area contributed by atoms with Crippen molar-refractivity contribution in [1.29, 1.82) is 0 Å². The number of thiocarbonyl (C=S) groups is 1. The molecular weight excluding hydrogens is 264 g/mol. The maximum Gasteiger partial charge on any atom is 0.344 e. The quantitative estimate of drug-likeness (QED) is 0.541. The molecule has 19 heavy (non-hydrogen) atoms. The number of imide groups is 1. The van der Waals surface area contributed by atoms with Crippen LogP contribution in [0.25, 0.3) is 0 Å². The molecular formula is C12H14N4O2S. The lowest BCUT2D eigenvalue weighted by molar-refractivity contribution is -0.132. The maximum absolute atomic E-state index is 12.4. The van der Waals surface area contributed by atoms with Crippen molar-refractivity contribution < 1.29 is 9.59 Å². The molecule has 0 unspecified atom stereocenters. The summed E-state index contributed by atoms with van der Waals surface area (Å²) in [5.41, 5.74) is 2.17. The van der Waals surface area contributed by atoms with Gasteiger partial charge in [-0.2, -0.15) is 5.01 Å². The molecule has 0 spiro atoms. The fourth-order valence-corrected chi connectivity index (χ4v) is 1.96. The van der Waals surface area contributed by atoms with E-state index in [0.717, 1.165) is 5.01 Å². The maximum atomic E-state index is 12.4. The zero-order valence-corrected chi connectivity index (χ0v) is 11.4. The first kappa shape index (κ1) is 13.3. The van der Waals surface area contributed by atoms with Gasteiger partial charge in [0.15, 0.2) is 5.11 Å². The number of carbonyl (C=O) groups is 2. The third kappa shape index (κ3) is 2.24. The molecule has 2 rings (SSSR count). The van der Waals surface area contributed by atoms with Crippen molar-refractivity contribution in [2.75, 3.05) is 7.05 Å². The highest BCUT2D eigenvalue weighted by Gasteiger charge is 2.49. The number of hydrazine groups is 1. The highest BCUT2D eigenvalue weighted by molar-refractivity contribution is 7.80.